The Balaban J connectivity index is 1.79. The molecule has 1 N–H and O–H groups in total. The summed E-state index contributed by atoms with van der Waals surface area (Å²) in [5.74, 6) is -0.618. The van der Waals surface area contributed by atoms with Crippen LogP contribution in [0.15, 0.2) is 36.5 Å². The van der Waals surface area contributed by atoms with E-state index in [2.05, 4.69) is 10.3 Å². The van der Waals surface area contributed by atoms with Crippen LogP contribution >= 0.6 is 0 Å². The zero-order valence-electron chi connectivity index (χ0n) is 14.7. The number of carbonyl (C=O) groups is 2. The average Bonchev–Trinajstić information content (AvgIpc) is 3.00. The molecule has 136 valence electrons. The molecule has 2 aromatic rings. The quantitative estimate of drug-likeness (QED) is 0.893. The third kappa shape index (κ3) is 3.82. The van der Waals surface area contributed by atoms with Crippen molar-refractivity contribution in [3.63, 3.8) is 0 Å². The van der Waals surface area contributed by atoms with Gasteiger partial charge in [0.05, 0.1) is 18.8 Å². The van der Waals surface area contributed by atoms with Gasteiger partial charge in [-0.3, -0.25) is 14.7 Å². The number of nitrogens with zero attached hydrogens (tertiary/aromatic N) is 2. The summed E-state index contributed by atoms with van der Waals surface area (Å²) in [5, 5.41) is 2.61. The summed E-state index contributed by atoms with van der Waals surface area (Å²) in [7, 11) is 0. The highest BCUT2D eigenvalue weighted by Crippen LogP contribution is 2.29. The van der Waals surface area contributed by atoms with E-state index in [1.807, 2.05) is 13.0 Å². The molecule has 0 spiro atoms. The van der Waals surface area contributed by atoms with Gasteiger partial charge in [-0.1, -0.05) is 6.92 Å². The van der Waals surface area contributed by atoms with Gasteiger partial charge >= 0.3 is 6.09 Å². The Kier molecular flexibility index (Phi) is 5.16. The first-order valence-corrected chi connectivity index (χ1v) is 8.45. The molecule has 6 nitrogen and oxygen atoms in total. The number of hydrogen-bond donors (Lipinski definition) is 1. The molecular weight excluding hydrogens is 337 g/mol. The molecule has 1 aliphatic heterocycles. The second kappa shape index (κ2) is 7.51. The monoisotopic (exact) mass is 357 g/mol. The highest BCUT2D eigenvalue weighted by molar-refractivity contribution is 5.90. The summed E-state index contributed by atoms with van der Waals surface area (Å²) in [5.41, 5.74) is 2.50. The SMILES string of the molecule is CCc1cc(-c2ccc(N3CC(CNC(C)=O)OC3=O)cc2F)ccn1. The van der Waals surface area contributed by atoms with Crippen LogP contribution in [-0.2, 0) is 16.0 Å². The lowest BCUT2D eigenvalue weighted by molar-refractivity contribution is -0.119. The second-order valence-corrected chi connectivity index (χ2v) is 6.11. The number of aromatic nitrogens is 1. The number of amides is 2. The third-order valence-electron chi connectivity index (χ3n) is 4.21. The van der Waals surface area contributed by atoms with Crippen molar-refractivity contribution in [2.75, 3.05) is 18.0 Å². The molecule has 0 radical (unpaired) electrons. The number of aryl methyl sites for hydroxylation is 1. The Morgan fingerprint density at radius 3 is 2.88 bits per heavy atom. The standard InChI is InChI=1S/C19H20FN3O3/c1-3-14-8-13(6-7-21-14)17-5-4-15(9-18(17)20)23-11-16(26-19(23)25)10-22-12(2)24/h4-9,16H,3,10-11H2,1-2H3,(H,22,24). The summed E-state index contributed by atoms with van der Waals surface area (Å²) in [6.45, 7) is 3.87. The van der Waals surface area contributed by atoms with Crippen LogP contribution in [0.1, 0.15) is 19.5 Å². The van der Waals surface area contributed by atoms with Crippen LogP contribution < -0.4 is 10.2 Å². The molecule has 1 atom stereocenters. The zero-order valence-corrected chi connectivity index (χ0v) is 14.7. The van der Waals surface area contributed by atoms with E-state index >= 15 is 0 Å². The maximum absolute atomic E-state index is 14.6. The maximum atomic E-state index is 14.6. The predicted molar refractivity (Wildman–Crippen MR) is 95.3 cm³/mol. The number of cyclic esters (lactones) is 1. The van der Waals surface area contributed by atoms with Crippen LogP contribution in [0.2, 0.25) is 0 Å². The van der Waals surface area contributed by atoms with Gasteiger partial charge in [-0.25, -0.2) is 9.18 Å². The van der Waals surface area contributed by atoms with E-state index in [1.54, 1.807) is 24.4 Å². The van der Waals surface area contributed by atoms with Crippen molar-refractivity contribution in [2.24, 2.45) is 0 Å². The fourth-order valence-corrected chi connectivity index (χ4v) is 2.84. The van der Waals surface area contributed by atoms with Crippen LogP contribution in [0, 0.1) is 5.82 Å². The van der Waals surface area contributed by atoms with Crippen molar-refractivity contribution in [3.8, 4) is 11.1 Å². The molecule has 1 fully saturated rings. The number of halogens is 1. The Morgan fingerprint density at radius 1 is 1.38 bits per heavy atom. The minimum atomic E-state index is -0.551. The molecule has 0 bridgehead atoms. The van der Waals surface area contributed by atoms with Crippen LogP contribution in [0.5, 0.6) is 0 Å². The molecule has 2 heterocycles. The van der Waals surface area contributed by atoms with Gasteiger partial charge in [0.1, 0.15) is 11.9 Å². The Hall–Kier alpha value is -2.96. The molecule has 7 heteroatoms. The molecular formula is C19H20FN3O3. The number of ether oxygens (including phenoxy) is 1. The Morgan fingerprint density at radius 2 is 2.19 bits per heavy atom. The van der Waals surface area contributed by atoms with Gasteiger partial charge in [-0.15, -0.1) is 0 Å². The van der Waals surface area contributed by atoms with E-state index in [9.17, 15) is 14.0 Å². The molecule has 1 aliphatic rings. The number of anilines is 1. The number of rotatable bonds is 5. The van der Waals surface area contributed by atoms with Crippen LogP contribution in [0.3, 0.4) is 0 Å². The van der Waals surface area contributed by atoms with E-state index in [4.69, 9.17) is 4.74 Å². The summed E-state index contributed by atoms with van der Waals surface area (Å²) in [6, 6.07) is 8.26. The zero-order chi connectivity index (χ0) is 18.7. The van der Waals surface area contributed by atoms with Gasteiger partial charge in [-0.2, -0.15) is 0 Å². The smallest absolute Gasteiger partial charge is 0.414 e. The number of carbonyl (C=O) groups excluding carboxylic acids is 2. The number of nitrogens with one attached hydrogen (secondary N) is 1. The van der Waals surface area contributed by atoms with Gasteiger partial charge in [-0.05, 0) is 42.3 Å². The topological polar surface area (TPSA) is 71.5 Å². The lowest BCUT2D eigenvalue weighted by Crippen LogP contribution is -2.33. The third-order valence-corrected chi connectivity index (χ3v) is 4.21. The van der Waals surface area contributed by atoms with Crippen molar-refractivity contribution in [2.45, 2.75) is 26.4 Å². The summed E-state index contributed by atoms with van der Waals surface area (Å²) in [4.78, 5) is 28.6. The van der Waals surface area contributed by atoms with Gasteiger partial charge in [0.25, 0.3) is 0 Å². The average molecular weight is 357 g/mol. The predicted octanol–water partition coefficient (Wildman–Crippen LogP) is 2.91. The van der Waals surface area contributed by atoms with Crippen LogP contribution in [-0.4, -0.2) is 36.2 Å². The summed E-state index contributed by atoms with van der Waals surface area (Å²) >= 11 is 0. The fraction of sp³-hybridized carbons (Fsp3) is 0.316. The summed E-state index contributed by atoms with van der Waals surface area (Å²) in [6.07, 6.45) is 1.42. The van der Waals surface area contributed by atoms with Gasteiger partial charge < -0.3 is 10.1 Å². The Labute approximate surface area is 151 Å². The number of pyridine rings is 1. The van der Waals surface area contributed by atoms with Gasteiger partial charge in [0.2, 0.25) is 5.91 Å². The molecule has 2 amide bonds. The maximum Gasteiger partial charge on any atom is 0.414 e. The molecule has 1 aromatic carbocycles. The van der Waals surface area contributed by atoms with E-state index in [0.717, 1.165) is 17.7 Å². The van der Waals surface area contributed by atoms with E-state index < -0.39 is 18.0 Å². The largest absolute Gasteiger partial charge is 0.442 e. The van der Waals surface area contributed by atoms with Crippen molar-refractivity contribution in [1.82, 2.24) is 10.3 Å². The van der Waals surface area contributed by atoms with Crippen molar-refractivity contribution in [3.05, 3.63) is 48.0 Å². The Bertz CT molecular complexity index is 841. The van der Waals surface area contributed by atoms with Crippen molar-refractivity contribution < 1.29 is 18.7 Å². The molecule has 1 unspecified atom stereocenters. The molecule has 26 heavy (non-hydrogen) atoms. The highest BCUT2D eigenvalue weighted by atomic mass is 19.1. The lowest BCUT2D eigenvalue weighted by atomic mass is 10.0. The minimum Gasteiger partial charge on any atom is -0.442 e. The minimum absolute atomic E-state index is 0.196. The first-order chi connectivity index (χ1) is 12.5. The second-order valence-electron chi connectivity index (χ2n) is 6.11. The molecule has 1 saturated heterocycles. The molecule has 3 rings (SSSR count). The molecule has 0 saturated carbocycles. The molecule has 1 aromatic heterocycles. The van der Waals surface area contributed by atoms with E-state index in [0.29, 0.717) is 11.3 Å². The van der Waals surface area contributed by atoms with E-state index in [-0.39, 0.29) is 19.0 Å². The number of hydrogen-bond acceptors (Lipinski definition) is 4. The normalized spacial score (nSPS) is 16.5. The van der Waals surface area contributed by atoms with Gasteiger partial charge in [0.15, 0.2) is 0 Å². The van der Waals surface area contributed by atoms with E-state index in [1.165, 1.54) is 17.9 Å². The first-order valence-electron chi connectivity index (χ1n) is 8.45. The lowest BCUT2D eigenvalue weighted by Gasteiger charge is -2.14. The number of benzene rings is 1. The fourth-order valence-electron chi connectivity index (χ4n) is 2.84. The first kappa shape index (κ1) is 17.8. The van der Waals surface area contributed by atoms with Gasteiger partial charge in [0, 0.05) is 24.4 Å². The van der Waals surface area contributed by atoms with Crippen molar-refractivity contribution >= 4 is 17.7 Å². The van der Waals surface area contributed by atoms with Crippen LogP contribution in [0.4, 0.5) is 14.9 Å². The summed E-state index contributed by atoms with van der Waals surface area (Å²) < 4.78 is 19.9. The highest BCUT2D eigenvalue weighted by Gasteiger charge is 2.32. The molecule has 0 aliphatic carbocycles. The van der Waals surface area contributed by atoms with Crippen LogP contribution in [0.25, 0.3) is 11.1 Å². The van der Waals surface area contributed by atoms with Crippen molar-refractivity contribution in [1.29, 1.82) is 0 Å².